The lowest BCUT2D eigenvalue weighted by Gasteiger charge is -2.36. The number of hydrogen-bond donors (Lipinski definition) is 2. The summed E-state index contributed by atoms with van der Waals surface area (Å²) < 4.78 is 0. The molecule has 0 bridgehead atoms. The molecule has 3 heteroatoms. The number of amides is 1. The maximum Gasteiger partial charge on any atom is 0.240 e. The molecule has 2 rings (SSSR count). The molecule has 0 aromatic rings. The summed E-state index contributed by atoms with van der Waals surface area (Å²) in [5, 5.41) is 6.48. The van der Waals surface area contributed by atoms with E-state index in [4.69, 9.17) is 0 Å². The average molecular weight is 224 g/mol. The van der Waals surface area contributed by atoms with Crippen LogP contribution in [0.4, 0.5) is 0 Å². The molecule has 0 aromatic heterocycles. The molecule has 1 saturated heterocycles. The molecular weight excluding hydrogens is 200 g/mol. The van der Waals surface area contributed by atoms with Crippen molar-refractivity contribution in [3.8, 4) is 0 Å². The van der Waals surface area contributed by atoms with Crippen molar-refractivity contribution in [1.29, 1.82) is 0 Å². The molecule has 2 aliphatic rings. The molecule has 1 saturated carbocycles. The molecule has 2 N–H and O–H groups in total. The monoisotopic (exact) mass is 224 g/mol. The summed E-state index contributed by atoms with van der Waals surface area (Å²) in [5.74, 6) is 1.79. The smallest absolute Gasteiger partial charge is 0.240 e. The molecule has 0 radical (unpaired) electrons. The van der Waals surface area contributed by atoms with Crippen LogP contribution in [0.5, 0.6) is 0 Å². The maximum absolute atomic E-state index is 12.0. The number of nitrogens with one attached hydrogen (secondary N) is 2. The van der Waals surface area contributed by atoms with Crippen molar-refractivity contribution in [2.75, 3.05) is 13.1 Å². The molecule has 1 aliphatic carbocycles. The Hall–Kier alpha value is -0.570. The van der Waals surface area contributed by atoms with Crippen LogP contribution in [-0.4, -0.2) is 24.5 Å². The molecule has 92 valence electrons. The zero-order chi connectivity index (χ0) is 11.6. The number of hydrogen-bond acceptors (Lipinski definition) is 2. The van der Waals surface area contributed by atoms with Gasteiger partial charge >= 0.3 is 0 Å². The predicted octanol–water partition coefficient (Wildman–Crippen LogP) is 1.68. The van der Waals surface area contributed by atoms with Crippen LogP contribution in [0.3, 0.4) is 0 Å². The minimum Gasteiger partial charge on any atom is -0.353 e. The van der Waals surface area contributed by atoms with Gasteiger partial charge in [0.15, 0.2) is 0 Å². The topological polar surface area (TPSA) is 41.1 Å². The molecular formula is C13H24N2O. The molecule has 1 amide bonds. The van der Waals surface area contributed by atoms with Crippen molar-refractivity contribution in [2.24, 2.45) is 11.8 Å². The quantitative estimate of drug-likeness (QED) is 0.711. The zero-order valence-corrected chi connectivity index (χ0v) is 10.5. The lowest BCUT2D eigenvalue weighted by molar-refractivity contribution is -0.129. The van der Waals surface area contributed by atoms with Gasteiger partial charge in [0.1, 0.15) is 0 Å². The van der Waals surface area contributed by atoms with Crippen LogP contribution in [0.1, 0.15) is 46.0 Å². The maximum atomic E-state index is 12.0. The molecule has 2 unspecified atom stereocenters. The summed E-state index contributed by atoms with van der Waals surface area (Å²) in [6.45, 7) is 6.32. The second-order valence-corrected chi connectivity index (χ2v) is 5.70. The Kier molecular flexibility index (Phi) is 3.53. The summed E-state index contributed by atoms with van der Waals surface area (Å²) in [5.41, 5.74) is -0.234. The van der Waals surface area contributed by atoms with E-state index in [2.05, 4.69) is 24.5 Å². The normalized spacial score (nSPS) is 36.2. The second kappa shape index (κ2) is 4.74. The Morgan fingerprint density at radius 2 is 2.06 bits per heavy atom. The summed E-state index contributed by atoms with van der Waals surface area (Å²) in [6, 6.07) is 0. The van der Waals surface area contributed by atoms with E-state index in [1.165, 1.54) is 19.3 Å². The van der Waals surface area contributed by atoms with E-state index in [-0.39, 0.29) is 11.4 Å². The molecule has 2 fully saturated rings. The summed E-state index contributed by atoms with van der Waals surface area (Å²) in [7, 11) is 0. The fourth-order valence-electron chi connectivity index (χ4n) is 3.16. The molecule has 16 heavy (non-hydrogen) atoms. The number of carbonyl (C=O) groups is 1. The Bertz CT molecular complexity index is 265. The van der Waals surface area contributed by atoms with E-state index in [1.54, 1.807) is 0 Å². The first-order valence-corrected chi connectivity index (χ1v) is 6.67. The standard InChI is InChI=1S/C13H24N2O/c1-10(2)11-4-3-6-13(7-5-11)12(16)14-8-9-15-13/h10-11,15H,3-9H2,1-2H3,(H,14,16). The molecule has 0 aromatic carbocycles. The Morgan fingerprint density at radius 3 is 2.75 bits per heavy atom. The summed E-state index contributed by atoms with van der Waals surface area (Å²) in [6.07, 6.45) is 5.69. The van der Waals surface area contributed by atoms with Crippen molar-refractivity contribution in [3.05, 3.63) is 0 Å². The summed E-state index contributed by atoms with van der Waals surface area (Å²) in [4.78, 5) is 12.0. The van der Waals surface area contributed by atoms with Crippen LogP contribution in [0.15, 0.2) is 0 Å². The van der Waals surface area contributed by atoms with Gasteiger partial charge in [0, 0.05) is 13.1 Å². The van der Waals surface area contributed by atoms with Gasteiger partial charge in [-0.15, -0.1) is 0 Å². The van der Waals surface area contributed by atoms with E-state index in [0.717, 1.165) is 37.8 Å². The van der Waals surface area contributed by atoms with Crippen molar-refractivity contribution >= 4 is 5.91 Å². The molecule has 1 heterocycles. The van der Waals surface area contributed by atoms with Crippen molar-refractivity contribution in [3.63, 3.8) is 0 Å². The minimum absolute atomic E-state index is 0.234. The fraction of sp³-hybridized carbons (Fsp3) is 0.923. The predicted molar refractivity (Wildman–Crippen MR) is 65.2 cm³/mol. The lowest BCUT2D eigenvalue weighted by atomic mass is 9.85. The van der Waals surface area contributed by atoms with Crippen LogP contribution in [0, 0.1) is 11.8 Å². The van der Waals surface area contributed by atoms with Gasteiger partial charge in [-0.05, 0) is 31.1 Å². The molecule has 3 nitrogen and oxygen atoms in total. The highest BCUT2D eigenvalue weighted by Crippen LogP contribution is 2.34. The Morgan fingerprint density at radius 1 is 1.25 bits per heavy atom. The number of piperazine rings is 1. The first-order chi connectivity index (χ1) is 7.64. The molecule has 1 aliphatic heterocycles. The Labute approximate surface area is 98.4 Å². The third kappa shape index (κ3) is 2.24. The Balaban J connectivity index is 2.04. The third-order valence-electron chi connectivity index (χ3n) is 4.37. The van der Waals surface area contributed by atoms with Crippen LogP contribution in [-0.2, 0) is 4.79 Å². The van der Waals surface area contributed by atoms with E-state index in [1.807, 2.05) is 0 Å². The number of carbonyl (C=O) groups excluding carboxylic acids is 1. The third-order valence-corrected chi connectivity index (χ3v) is 4.37. The van der Waals surface area contributed by atoms with Gasteiger partial charge < -0.3 is 10.6 Å². The van der Waals surface area contributed by atoms with Crippen LogP contribution >= 0.6 is 0 Å². The first-order valence-electron chi connectivity index (χ1n) is 6.67. The van der Waals surface area contributed by atoms with E-state index in [0.29, 0.717) is 0 Å². The minimum atomic E-state index is -0.234. The van der Waals surface area contributed by atoms with Crippen LogP contribution in [0.25, 0.3) is 0 Å². The van der Waals surface area contributed by atoms with Gasteiger partial charge in [0.05, 0.1) is 5.54 Å². The van der Waals surface area contributed by atoms with Gasteiger partial charge in [-0.25, -0.2) is 0 Å². The van der Waals surface area contributed by atoms with Crippen molar-refractivity contribution < 1.29 is 4.79 Å². The second-order valence-electron chi connectivity index (χ2n) is 5.70. The van der Waals surface area contributed by atoms with Gasteiger partial charge in [-0.1, -0.05) is 26.7 Å². The van der Waals surface area contributed by atoms with E-state index < -0.39 is 0 Å². The van der Waals surface area contributed by atoms with E-state index >= 15 is 0 Å². The van der Waals surface area contributed by atoms with Crippen LogP contribution < -0.4 is 10.6 Å². The highest BCUT2D eigenvalue weighted by Gasteiger charge is 2.41. The highest BCUT2D eigenvalue weighted by atomic mass is 16.2. The van der Waals surface area contributed by atoms with Crippen molar-refractivity contribution in [1.82, 2.24) is 10.6 Å². The number of rotatable bonds is 1. The van der Waals surface area contributed by atoms with Gasteiger partial charge in [0.25, 0.3) is 0 Å². The first kappa shape index (κ1) is 11.9. The van der Waals surface area contributed by atoms with Gasteiger partial charge in [0.2, 0.25) is 5.91 Å². The van der Waals surface area contributed by atoms with Crippen LogP contribution in [0.2, 0.25) is 0 Å². The fourth-order valence-corrected chi connectivity index (χ4v) is 3.16. The van der Waals surface area contributed by atoms with E-state index in [9.17, 15) is 4.79 Å². The van der Waals surface area contributed by atoms with Gasteiger partial charge in [-0.2, -0.15) is 0 Å². The largest absolute Gasteiger partial charge is 0.353 e. The average Bonchev–Trinajstić information content (AvgIpc) is 2.46. The highest BCUT2D eigenvalue weighted by molar-refractivity contribution is 5.87. The van der Waals surface area contributed by atoms with Gasteiger partial charge in [-0.3, -0.25) is 4.79 Å². The van der Waals surface area contributed by atoms with Crippen molar-refractivity contribution in [2.45, 2.75) is 51.5 Å². The molecule has 1 spiro atoms. The zero-order valence-electron chi connectivity index (χ0n) is 10.5. The summed E-state index contributed by atoms with van der Waals surface area (Å²) >= 11 is 0. The molecule has 2 atom stereocenters. The lowest BCUT2D eigenvalue weighted by Crippen LogP contribution is -2.62. The SMILES string of the molecule is CC(C)C1CCCC2(CC1)NCCNC2=O.